The molecule has 5 atom stereocenters. The van der Waals surface area contributed by atoms with Crippen LogP contribution >= 0.6 is 0 Å². The monoisotopic (exact) mass is 632 g/mol. The zero-order valence-corrected chi connectivity index (χ0v) is 25.5. The van der Waals surface area contributed by atoms with Gasteiger partial charge in [0.05, 0.1) is 11.6 Å². The average Bonchev–Trinajstić information content (AvgIpc) is 3.68. The molecule has 2 unspecified atom stereocenters. The first kappa shape index (κ1) is 28.3. The van der Waals surface area contributed by atoms with Crippen molar-refractivity contribution in [1.82, 2.24) is 25.2 Å². The minimum Gasteiger partial charge on any atom is -0.508 e. The van der Waals surface area contributed by atoms with Crippen molar-refractivity contribution in [2.24, 2.45) is 0 Å². The highest BCUT2D eigenvalue weighted by atomic mass is 19.1. The number of phenolic OH excluding ortho intramolecular Hbond substituents is 1. The standard InChI is InChI=1S/C34H35F3N6O3/c1-2-21-23(36)6-4-17-10-20(44)11-22(26(17)21)29-28(37)30-27-31(43-14-19-5-7-24(38-19)25(43)15-45-32(27)39-29)41-33(40-30)46-16-34-8-3-9-42(34)13-18(35)12-34/h4,6,10-11,18-19,24-25,38,44H,2-3,5,7-9,12-16H2,1H3/t18-,19?,24?,25-,34+/m1/s1. The number of nitrogens with zero attached hydrogens (tertiary/aromatic N) is 5. The van der Waals surface area contributed by atoms with Crippen LogP contribution in [0.15, 0.2) is 24.3 Å². The molecule has 0 saturated carbocycles. The number of ether oxygens (including phenoxy) is 2. The summed E-state index contributed by atoms with van der Waals surface area (Å²) in [4.78, 5) is 18.6. The van der Waals surface area contributed by atoms with Crippen LogP contribution < -0.4 is 19.7 Å². The third-order valence-corrected chi connectivity index (χ3v) is 10.9. The number of halogens is 3. The molecule has 4 fully saturated rings. The molecule has 9 rings (SSSR count). The van der Waals surface area contributed by atoms with E-state index in [1.807, 2.05) is 6.92 Å². The van der Waals surface area contributed by atoms with Crippen LogP contribution in [0.2, 0.25) is 0 Å². The summed E-state index contributed by atoms with van der Waals surface area (Å²) < 4.78 is 59.3. The van der Waals surface area contributed by atoms with Crippen LogP contribution in [0.4, 0.5) is 19.0 Å². The third kappa shape index (κ3) is 4.18. The van der Waals surface area contributed by atoms with Crippen molar-refractivity contribution in [1.29, 1.82) is 0 Å². The van der Waals surface area contributed by atoms with Crippen molar-refractivity contribution < 1.29 is 27.8 Å². The lowest BCUT2D eigenvalue weighted by molar-refractivity contribution is 0.107. The largest absolute Gasteiger partial charge is 0.508 e. The summed E-state index contributed by atoms with van der Waals surface area (Å²) in [5.41, 5.74) is 0.0926. The minimum absolute atomic E-state index is 0.0145. The van der Waals surface area contributed by atoms with E-state index in [9.17, 15) is 9.50 Å². The van der Waals surface area contributed by atoms with Crippen LogP contribution in [0.1, 0.15) is 44.6 Å². The van der Waals surface area contributed by atoms with E-state index in [4.69, 9.17) is 19.4 Å². The Labute approximate surface area is 263 Å². The van der Waals surface area contributed by atoms with Crippen LogP contribution in [0.3, 0.4) is 0 Å². The number of anilines is 1. The van der Waals surface area contributed by atoms with E-state index < -0.39 is 23.3 Å². The van der Waals surface area contributed by atoms with Crippen molar-refractivity contribution in [3.8, 4) is 28.9 Å². The summed E-state index contributed by atoms with van der Waals surface area (Å²) in [6.45, 7) is 4.21. The molecule has 12 heteroatoms. The Bertz CT molecular complexity index is 1910. The van der Waals surface area contributed by atoms with Crippen LogP contribution in [0, 0.1) is 11.6 Å². The summed E-state index contributed by atoms with van der Waals surface area (Å²) in [6, 6.07) is 6.25. The first-order valence-electron chi connectivity index (χ1n) is 16.3. The molecule has 4 saturated heterocycles. The highest BCUT2D eigenvalue weighted by Crippen LogP contribution is 2.45. The Morgan fingerprint density at radius 2 is 2.02 bits per heavy atom. The molecule has 2 N–H and O–H groups in total. The number of rotatable bonds is 5. The van der Waals surface area contributed by atoms with Gasteiger partial charge in [0.15, 0.2) is 5.82 Å². The highest BCUT2D eigenvalue weighted by Gasteiger charge is 2.50. The lowest BCUT2D eigenvalue weighted by Gasteiger charge is -2.40. The molecule has 2 aromatic heterocycles. The lowest BCUT2D eigenvalue weighted by atomic mass is 9.94. The normalized spacial score (nSPS) is 28.4. The van der Waals surface area contributed by atoms with Crippen molar-refractivity contribution in [2.45, 2.75) is 75.3 Å². The second-order valence-electron chi connectivity index (χ2n) is 13.5. The number of aromatic nitrogens is 3. The molecule has 7 heterocycles. The van der Waals surface area contributed by atoms with Gasteiger partial charge in [-0.05, 0) is 73.2 Å². The fourth-order valence-corrected chi connectivity index (χ4v) is 8.84. The number of aromatic hydroxyl groups is 1. The van der Waals surface area contributed by atoms with E-state index in [1.54, 1.807) is 6.07 Å². The third-order valence-electron chi connectivity index (χ3n) is 10.9. The first-order valence-corrected chi connectivity index (χ1v) is 16.3. The van der Waals surface area contributed by atoms with Crippen molar-refractivity contribution >= 4 is 27.5 Å². The van der Waals surface area contributed by atoms with Gasteiger partial charge in [0.2, 0.25) is 5.88 Å². The minimum atomic E-state index is -0.913. The Kier molecular flexibility index (Phi) is 6.34. The quantitative estimate of drug-likeness (QED) is 0.314. The van der Waals surface area contributed by atoms with Gasteiger partial charge in [-0.1, -0.05) is 13.0 Å². The van der Waals surface area contributed by atoms with Crippen LogP contribution in [0.5, 0.6) is 17.6 Å². The summed E-state index contributed by atoms with van der Waals surface area (Å²) >= 11 is 0. The van der Waals surface area contributed by atoms with Crippen molar-refractivity contribution in [2.75, 3.05) is 37.7 Å². The van der Waals surface area contributed by atoms with Crippen molar-refractivity contribution in [3.63, 3.8) is 0 Å². The summed E-state index contributed by atoms with van der Waals surface area (Å²) in [5, 5.41) is 15.8. The zero-order valence-electron chi connectivity index (χ0n) is 25.5. The maximum Gasteiger partial charge on any atom is 0.319 e. The number of benzene rings is 2. The van der Waals surface area contributed by atoms with Gasteiger partial charge in [-0.15, -0.1) is 0 Å². The molecule has 2 aromatic carbocycles. The molecule has 0 spiro atoms. The van der Waals surface area contributed by atoms with E-state index >= 15 is 8.78 Å². The van der Waals surface area contributed by atoms with Crippen LogP contribution in [-0.4, -0.2) is 87.6 Å². The van der Waals surface area contributed by atoms with E-state index in [0.717, 1.165) is 32.2 Å². The SMILES string of the molecule is CCc1c(F)ccc2cc(O)cc(-c3nc4c5c(nc(OC[C@@]67CCCN6C[C@H](F)C7)nc5c3F)N3CC5CCC(N5)[C@H]3CO4)c12. The van der Waals surface area contributed by atoms with E-state index in [0.29, 0.717) is 60.1 Å². The average molecular weight is 633 g/mol. The lowest BCUT2D eigenvalue weighted by Crippen LogP contribution is -2.60. The van der Waals surface area contributed by atoms with Gasteiger partial charge in [0.25, 0.3) is 0 Å². The molecule has 0 radical (unpaired) electrons. The van der Waals surface area contributed by atoms with Crippen molar-refractivity contribution in [3.05, 3.63) is 41.5 Å². The number of alkyl halides is 1. The Morgan fingerprint density at radius 3 is 2.89 bits per heavy atom. The van der Waals surface area contributed by atoms with Gasteiger partial charge < -0.3 is 24.8 Å². The topological polar surface area (TPSA) is 95.9 Å². The number of pyridine rings is 1. The van der Waals surface area contributed by atoms with E-state index in [2.05, 4.69) is 20.1 Å². The molecule has 5 aliphatic heterocycles. The maximum atomic E-state index is 17.1. The molecule has 240 valence electrons. The molecule has 9 nitrogen and oxygen atoms in total. The van der Waals surface area contributed by atoms with Gasteiger partial charge in [-0.3, -0.25) is 4.90 Å². The Hall–Kier alpha value is -3.90. The number of nitrogens with one attached hydrogen (secondary N) is 1. The smallest absolute Gasteiger partial charge is 0.319 e. The predicted octanol–water partition coefficient (Wildman–Crippen LogP) is 5.05. The van der Waals surface area contributed by atoms with Crippen LogP contribution in [0.25, 0.3) is 32.9 Å². The number of aryl methyl sites for hydroxylation is 1. The molecule has 0 aliphatic carbocycles. The Balaban J connectivity index is 1.24. The van der Waals surface area contributed by atoms with E-state index in [1.165, 1.54) is 18.2 Å². The number of fused-ring (bicyclic) bond motifs is 7. The fraction of sp³-hybridized carbons (Fsp3) is 0.500. The molecule has 0 amide bonds. The molecular weight excluding hydrogens is 597 g/mol. The van der Waals surface area contributed by atoms with Gasteiger partial charge in [0.1, 0.15) is 53.4 Å². The molecule has 5 aliphatic rings. The second kappa shape index (κ2) is 10.3. The van der Waals surface area contributed by atoms with Gasteiger partial charge in [0, 0.05) is 37.2 Å². The Morgan fingerprint density at radius 1 is 1.13 bits per heavy atom. The zero-order chi connectivity index (χ0) is 31.3. The highest BCUT2D eigenvalue weighted by molar-refractivity contribution is 6.03. The number of phenols is 1. The first-order chi connectivity index (χ1) is 22.3. The summed E-state index contributed by atoms with van der Waals surface area (Å²) in [6.07, 6.45) is 3.62. The maximum absolute atomic E-state index is 17.1. The van der Waals surface area contributed by atoms with Crippen LogP contribution in [-0.2, 0) is 6.42 Å². The van der Waals surface area contributed by atoms with Gasteiger partial charge in [-0.25, -0.2) is 18.2 Å². The number of piperazine rings is 1. The molecule has 4 aromatic rings. The summed E-state index contributed by atoms with van der Waals surface area (Å²) in [5.74, 6) is -0.568. The van der Waals surface area contributed by atoms with Gasteiger partial charge >= 0.3 is 6.01 Å². The van der Waals surface area contributed by atoms with E-state index in [-0.39, 0.29) is 59.1 Å². The summed E-state index contributed by atoms with van der Waals surface area (Å²) in [7, 11) is 0. The second-order valence-corrected chi connectivity index (χ2v) is 13.5. The predicted molar refractivity (Wildman–Crippen MR) is 166 cm³/mol. The fourth-order valence-electron chi connectivity index (χ4n) is 8.84. The molecule has 2 bridgehead atoms. The molecular formula is C34H35F3N6O3. The van der Waals surface area contributed by atoms with Gasteiger partial charge in [-0.2, -0.15) is 9.97 Å². The number of hydrogen-bond acceptors (Lipinski definition) is 9. The number of hydrogen-bond donors (Lipinski definition) is 2. The molecule has 46 heavy (non-hydrogen) atoms.